The van der Waals surface area contributed by atoms with Crippen LogP contribution in [-0.2, 0) is 0 Å². The van der Waals surface area contributed by atoms with E-state index in [1.54, 1.807) is 35.0 Å². The number of amides is 1. The Labute approximate surface area is 132 Å². The van der Waals surface area contributed by atoms with E-state index in [1.165, 1.54) is 12.1 Å². The molecule has 22 heavy (non-hydrogen) atoms. The molecule has 0 aliphatic rings. The Morgan fingerprint density at radius 3 is 2.55 bits per heavy atom. The van der Waals surface area contributed by atoms with Gasteiger partial charge in [-0.2, -0.15) is 5.10 Å². The maximum absolute atomic E-state index is 11.7. The summed E-state index contributed by atoms with van der Waals surface area (Å²) in [6.07, 6.45) is 1.58. The molecule has 0 spiro atoms. The third-order valence-corrected chi connectivity index (χ3v) is 4.02. The largest absolute Gasteiger partial charge is 0.365 e. The van der Waals surface area contributed by atoms with E-state index in [0.717, 1.165) is 0 Å². The van der Waals surface area contributed by atoms with Gasteiger partial charge in [-0.05, 0) is 40.2 Å². The Morgan fingerprint density at radius 1 is 1.27 bits per heavy atom. The fourth-order valence-corrected chi connectivity index (χ4v) is 3.08. The fraction of sp³-hybridized carbons (Fsp3) is 0. The van der Waals surface area contributed by atoms with Gasteiger partial charge in [-0.15, -0.1) is 0 Å². The van der Waals surface area contributed by atoms with Gasteiger partial charge in [-0.3, -0.25) is 14.9 Å². The highest BCUT2D eigenvalue weighted by molar-refractivity contribution is 9.10. The van der Waals surface area contributed by atoms with Crippen LogP contribution in [0.2, 0.25) is 0 Å². The van der Waals surface area contributed by atoms with Crippen LogP contribution in [0.3, 0.4) is 0 Å². The van der Waals surface area contributed by atoms with Crippen molar-refractivity contribution >= 4 is 33.0 Å². The van der Waals surface area contributed by atoms with Crippen molar-refractivity contribution in [2.75, 3.05) is 0 Å². The van der Waals surface area contributed by atoms with E-state index in [4.69, 9.17) is 5.73 Å². The highest BCUT2D eigenvalue weighted by Gasteiger charge is 2.22. The molecule has 2 N–H and O–H groups in total. The first kappa shape index (κ1) is 14.2. The predicted octanol–water partition coefficient (Wildman–Crippen LogP) is 2.77. The Bertz CT molecular complexity index is 902. The summed E-state index contributed by atoms with van der Waals surface area (Å²) >= 11 is 3.38. The van der Waals surface area contributed by atoms with Crippen molar-refractivity contribution in [1.29, 1.82) is 0 Å². The van der Waals surface area contributed by atoms with Crippen LogP contribution in [0.4, 0.5) is 5.69 Å². The van der Waals surface area contributed by atoms with Crippen molar-refractivity contribution < 1.29 is 9.72 Å². The molecule has 8 heteroatoms. The number of carbonyl (C=O) groups excluding carboxylic acids is 1. The van der Waals surface area contributed by atoms with Crippen LogP contribution in [0.15, 0.2) is 47.1 Å². The van der Waals surface area contributed by atoms with Gasteiger partial charge in [-0.1, -0.05) is 0 Å². The highest BCUT2D eigenvalue weighted by Crippen LogP contribution is 2.35. The molecule has 0 radical (unpaired) electrons. The number of fused-ring (bicyclic) bond motifs is 1. The minimum Gasteiger partial charge on any atom is -0.365 e. The molecule has 0 saturated heterocycles. The van der Waals surface area contributed by atoms with Crippen LogP contribution in [0.5, 0.6) is 0 Å². The smallest absolute Gasteiger partial charge is 0.269 e. The van der Waals surface area contributed by atoms with Gasteiger partial charge in [0.2, 0.25) is 0 Å². The minimum atomic E-state index is -0.578. The second kappa shape index (κ2) is 5.23. The first-order valence-electron chi connectivity index (χ1n) is 6.20. The van der Waals surface area contributed by atoms with Crippen LogP contribution in [0.1, 0.15) is 10.4 Å². The molecule has 0 atom stereocenters. The maximum Gasteiger partial charge on any atom is 0.269 e. The number of benzene rings is 1. The highest BCUT2D eigenvalue weighted by atomic mass is 79.9. The number of hydrogen-bond donors (Lipinski definition) is 1. The Kier molecular flexibility index (Phi) is 3.38. The molecule has 1 aromatic carbocycles. The quantitative estimate of drug-likeness (QED) is 0.572. The lowest BCUT2D eigenvalue weighted by Gasteiger charge is -2.02. The zero-order valence-corrected chi connectivity index (χ0v) is 12.6. The molecule has 0 saturated carbocycles. The zero-order valence-electron chi connectivity index (χ0n) is 11.1. The molecule has 3 rings (SSSR count). The topological polar surface area (TPSA) is 104 Å². The van der Waals surface area contributed by atoms with Gasteiger partial charge in [0.25, 0.3) is 11.6 Å². The van der Waals surface area contributed by atoms with Crippen molar-refractivity contribution in [1.82, 2.24) is 9.61 Å². The summed E-state index contributed by atoms with van der Waals surface area (Å²) in [6, 6.07) is 9.43. The summed E-state index contributed by atoms with van der Waals surface area (Å²) < 4.78 is 2.08. The van der Waals surface area contributed by atoms with Gasteiger partial charge in [0.1, 0.15) is 0 Å². The number of nitrogens with zero attached hydrogens (tertiary/aromatic N) is 3. The van der Waals surface area contributed by atoms with Gasteiger partial charge < -0.3 is 5.73 Å². The molecule has 0 fully saturated rings. The van der Waals surface area contributed by atoms with E-state index in [0.29, 0.717) is 26.8 Å². The lowest BCUT2D eigenvalue weighted by molar-refractivity contribution is -0.384. The van der Waals surface area contributed by atoms with E-state index in [-0.39, 0.29) is 5.69 Å². The Morgan fingerprint density at radius 2 is 1.95 bits per heavy atom. The molecule has 3 aromatic rings. The van der Waals surface area contributed by atoms with Crippen molar-refractivity contribution in [2.45, 2.75) is 0 Å². The van der Waals surface area contributed by atoms with Crippen LogP contribution < -0.4 is 5.73 Å². The standard InChI is InChI=1S/C14H9BrN4O3/c15-12-11(14(16)20)10-2-1-7-17-18(10)13(12)8-3-5-9(6-4-8)19(21)22/h1-7H,(H2,16,20). The maximum atomic E-state index is 11.7. The molecule has 110 valence electrons. The summed E-state index contributed by atoms with van der Waals surface area (Å²) in [5.41, 5.74) is 7.60. The molecule has 0 bridgehead atoms. The SMILES string of the molecule is NC(=O)c1c(Br)c(-c2ccc([N+](=O)[O-])cc2)n2ncccc12. The van der Waals surface area contributed by atoms with E-state index in [9.17, 15) is 14.9 Å². The molecule has 2 heterocycles. The Hall–Kier alpha value is -2.74. The average molecular weight is 361 g/mol. The van der Waals surface area contributed by atoms with Crippen LogP contribution >= 0.6 is 15.9 Å². The molecular weight excluding hydrogens is 352 g/mol. The summed E-state index contributed by atoms with van der Waals surface area (Å²) in [7, 11) is 0. The van der Waals surface area contributed by atoms with Gasteiger partial charge in [0, 0.05) is 23.9 Å². The molecular formula is C14H9BrN4O3. The minimum absolute atomic E-state index is 0.0104. The van der Waals surface area contributed by atoms with Crippen LogP contribution in [0, 0.1) is 10.1 Å². The number of nitro benzene ring substituents is 1. The summed E-state index contributed by atoms with van der Waals surface area (Å²) in [5, 5.41) is 15.0. The number of non-ortho nitro benzene ring substituents is 1. The molecule has 0 unspecified atom stereocenters. The van der Waals surface area contributed by atoms with E-state index in [1.807, 2.05) is 0 Å². The van der Waals surface area contributed by atoms with Crippen molar-refractivity contribution in [3.05, 3.63) is 62.7 Å². The average Bonchev–Trinajstić information content (AvgIpc) is 2.79. The number of primary amides is 1. The summed E-state index contributed by atoms with van der Waals surface area (Å²) in [4.78, 5) is 22.0. The number of carbonyl (C=O) groups is 1. The third-order valence-electron chi connectivity index (χ3n) is 3.24. The third kappa shape index (κ3) is 2.13. The lowest BCUT2D eigenvalue weighted by atomic mass is 10.1. The van der Waals surface area contributed by atoms with E-state index < -0.39 is 10.8 Å². The molecule has 0 aliphatic heterocycles. The first-order valence-corrected chi connectivity index (χ1v) is 7.00. The number of nitro groups is 1. The van der Waals surface area contributed by atoms with Gasteiger partial charge in [0.05, 0.1) is 26.2 Å². The molecule has 0 aliphatic carbocycles. The molecule has 2 aromatic heterocycles. The second-order valence-corrected chi connectivity index (χ2v) is 5.32. The first-order chi connectivity index (χ1) is 10.5. The second-order valence-electron chi connectivity index (χ2n) is 4.53. The number of aromatic nitrogens is 2. The summed E-state index contributed by atoms with van der Waals surface area (Å²) in [6.45, 7) is 0. The lowest BCUT2D eigenvalue weighted by Crippen LogP contribution is -2.11. The predicted molar refractivity (Wildman–Crippen MR) is 83.5 cm³/mol. The fourth-order valence-electron chi connectivity index (χ4n) is 2.29. The van der Waals surface area contributed by atoms with Crippen LogP contribution in [-0.4, -0.2) is 20.4 Å². The number of nitrogens with two attached hydrogens (primary N) is 1. The van der Waals surface area contributed by atoms with Crippen molar-refractivity contribution in [3.8, 4) is 11.3 Å². The monoisotopic (exact) mass is 360 g/mol. The zero-order chi connectivity index (χ0) is 15.9. The number of hydrogen-bond acceptors (Lipinski definition) is 4. The van der Waals surface area contributed by atoms with Crippen molar-refractivity contribution in [2.24, 2.45) is 5.73 Å². The van der Waals surface area contributed by atoms with E-state index >= 15 is 0 Å². The molecule has 7 nitrogen and oxygen atoms in total. The Balaban J connectivity index is 2.29. The van der Waals surface area contributed by atoms with Crippen molar-refractivity contribution in [3.63, 3.8) is 0 Å². The van der Waals surface area contributed by atoms with Crippen LogP contribution in [0.25, 0.3) is 16.8 Å². The normalized spacial score (nSPS) is 10.8. The van der Waals surface area contributed by atoms with E-state index in [2.05, 4.69) is 21.0 Å². The van der Waals surface area contributed by atoms with Gasteiger partial charge >= 0.3 is 0 Å². The number of rotatable bonds is 3. The van der Waals surface area contributed by atoms with Gasteiger partial charge in [0.15, 0.2) is 0 Å². The molecule has 1 amide bonds. The summed E-state index contributed by atoms with van der Waals surface area (Å²) in [5.74, 6) is -0.578. The van der Waals surface area contributed by atoms with Gasteiger partial charge in [-0.25, -0.2) is 4.52 Å². The number of halogens is 1.